The number of benzene rings is 1. The highest BCUT2D eigenvalue weighted by Crippen LogP contribution is 2.25. The maximum atomic E-state index is 12.1. The Kier molecular flexibility index (Phi) is 7.08. The molecule has 6 heteroatoms. The summed E-state index contributed by atoms with van der Waals surface area (Å²) < 4.78 is 5.08. The molecule has 1 rings (SSSR count). The maximum absolute atomic E-state index is 12.1. The molecule has 2 N–H and O–H groups in total. The number of halogens is 1. The van der Waals surface area contributed by atoms with E-state index in [9.17, 15) is 9.59 Å². The minimum Gasteiger partial charge on any atom is -0.480 e. The molecule has 5 nitrogen and oxygen atoms in total. The molecule has 0 saturated heterocycles. The van der Waals surface area contributed by atoms with Gasteiger partial charge in [-0.25, -0.2) is 4.79 Å². The van der Waals surface area contributed by atoms with Crippen molar-refractivity contribution in [2.24, 2.45) is 0 Å². The molecule has 0 aliphatic rings. The van der Waals surface area contributed by atoms with E-state index in [1.165, 1.54) is 12.1 Å². The number of carboxylic acid groups (broad SMARTS) is 1. The third kappa shape index (κ3) is 5.16. The first kappa shape index (κ1) is 18.2. The highest BCUT2D eigenvalue weighted by molar-refractivity contribution is 6.31. The second-order valence-electron chi connectivity index (χ2n) is 5.08. The summed E-state index contributed by atoms with van der Waals surface area (Å²) in [6.45, 7) is 7.55. The molecule has 1 aromatic carbocycles. The van der Waals surface area contributed by atoms with Crippen LogP contribution < -0.4 is 5.32 Å². The minimum atomic E-state index is -1.16. The number of hydrogen-bond acceptors (Lipinski definition) is 3. The van der Waals surface area contributed by atoms with Crippen molar-refractivity contribution in [3.63, 3.8) is 0 Å². The maximum Gasteiger partial charge on any atom is 0.328 e. The SMILES string of the molecule is C=CCOCC(NC(=O)c1ccc(C(C)C)c(Cl)c1)C(=O)O. The van der Waals surface area contributed by atoms with Crippen molar-refractivity contribution in [1.29, 1.82) is 0 Å². The van der Waals surface area contributed by atoms with Crippen molar-refractivity contribution in [3.8, 4) is 0 Å². The fourth-order valence-corrected chi connectivity index (χ4v) is 2.22. The number of ether oxygens (including phenoxy) is 1. The van der Waals surface area contributed by atoms with Gasteiger partial charge in [-0.05, 0) is 23.6 Å². The van der Waals surface area contributed by atoms with E-state index in [2.05, 4.69) is 11.9 Å². The van der Waals surface area contributed by atoms with Crippen LogP contribution in [0.3, 0.4) is 0 Å². The molecule has 0 aliphatic carbocycles. The number of aliphatic carboxylic acids is 1. The summed E-state index contributed by atoms with van der Waals surface area (Å²) in [5.74, 6) is -1.43. The predicted molar refractivity (Wildman–Crippen MR) is 85.4 cm³/mol. The van der Waals surface area contributed by atoms with Crippen LogP contribution in [0.2, 0.25) is 5.02 Å². The Balaban J connectivity index is 2.79. The number of carbonyl (C=O) groups is 2. The number of carbonyl (C=O) groups excluding carboxylic acids is 1. The first-order chi connectivity index (χ1) is 10.4. The van der Waals surface area contributed by atoms with Gasteiger partial charge in [0.25, 0.3) is 5.91 Å². The minimum absolute atomic E-state index is 0.134. The van der Waals surface area contributed by atoms with E-state index < -0.39 is 17.9 Å². The van der Waals surface area contributed by atoms with Gasteiger partial charge in [0.1, 0.15) is 0 Å². The summed E-state index contributed by atoms with van der Waals surface area (Å²) >= 11 is 6.14. The van der Waals surface area contributed by atoms with Crippen molar-refractivity contribution in [3.05, 3.63) is 47.0 Å². The summed E-state index contributed by atoms with van der Waals surface area (Å²) in [6.07, 6.45) is 1.51. The number of amides is 1. The summed E-state index contributed by atoms with van der Waals surface area (Å²) in [4.78, 5) is 23.2. The Bertz CT molecular complexity index is 557. The third-order valence-electron chi connectivity index (χ3n) is 3.01. The molecule has 120 valence electrons. The van der Waals surface area contributed by atoms with Gasteiger partial charge in [-0.1, -0.05) is 37.6 Å². The number of rotatable bonds is 8. The second kappa shape index (κ2) is 8.56. The highest BCUT2D eigenvalue weighted by Gasteiger charge is 2.21. The molecule has 1 amide bonds. The van der Waals surface area contributed by atoms with E-state index in [0.29, 0.717) is 10.6 Å². The molecule has 1 unspecified atom stereocenters. The molecular weight excluding hydrogens is 306 g/mol. The smallest absolute Gasteiger partial charge is 0.328 e. The molecular formula is C16H20ClNO4. The van der Waals surface area contributed by atoms with Crippen molar-refractivity contribution in [2.45, 2.75) is 25.8 Å². The molecule has 1 atom stereocenters. The largest absolute Gasteiger partial charge is 0.480 e. The normalized spacial score (nSPS) is 12.0. The molecule has 0 saturated carbocycles. The van der Waals surface area contributed by atoms with Crippen LogP contribution >= 0.6 is 11.6 Å². The molecule has 0 fully saturated rings. The summed E-state index contributed by atoms with van der Waals surface area (Å²) in [7, 11) is 0. The monoisotopic (exact) mass is 325 g/mol. The summed E-state index contributed by atoms with van der Waals surface area (Å²) in [5, 5.41) is 12.0. The van der Waals surface area contributed by atoms with Crippen molar-refractivity contribution in [2.75, 3.05) is 13.2 Å². The van der Waals surface area contributed by atoms with Crippen LogP contribution in [0.5, 0.6) is 0 Å². The number of carboxylic acids is 1. The molecule has 1 aromatic rings. The van der Waals surface area contributed by atoms with E-state index in [1.807, 2.05) is 13.8 Å². The highest BCUT2D eigenvalue weighted by atomic mass is 35.5. The van der Waals surface area contributed by atoms with Crippen molar-refractivity contribution >= 4 is 23.5 Å². The molecule has 0 radical (unpaired) electrons. The van der Waals surface area contributed by atoms with E-state index in [-0.39, 0.29) is 19.1 Å². The quantitative estimate of drug-likeness (QED) is 0.569. The number of hydrogen-bond donors (Lipinski definition) is 2. The van der Waals surface area contributed by atoms with Crippen LogP contribution in [-0.4, -0.2) is 36.2 Å². The first-order valence-electron chi connectivity index (χ1n) is 6.88. The zero-order valence-corrected chi connectivity index (χ0v) is 13.4. The molecule has 0 aliphatic heterocycles. The van der Waals surface area contributed by atoms with E-state index >= 15 is 0 Å². The summed E-state index contributed by atoms with van der Waals surface area (Å²) in [6, 6.07) is 3.80. The Morgan fingerprint density at radius 3 is 2.64 bits per heavy atom. The molecule has 0 bridgehead atoms. The van der Waals surface area contributed by atoms with Crippen LogP contribution in [0.25, 0.3) is 0 Å². The van der Waals surface area contributed by atoms with Crippen LogP contribution in [0.4, 0.5) is 0 Å². The Labute approximate surface area is 134 Å². The van der Waals surface area contributed by atoms with E-state index in [1.54, 1.807) is 12.1 Å². The lowest BCUT2D eigenvalue weighted by Crippen LogP contribution is -2.44. The van der Waals surface area contributed by atoms with Gasteiger partial charge in [-0.15, -0.1) is 6.58 Å². The van der Waals surface area contributed by atoms with Gasteiger partial charge in [-0.3, -0.25) is 4.79 Å². The van der Waals surface area contributed by atoms with E-state index in [0.717, 1.165) is 5.56 Å². The van der Waals surface area contributed by atoms with Crippen LogP contribution in [-0.2, 0) is 9.53 Å². The molecule has 22 heavy (non-hydrogen) atoms. The van der Waals surface area contributed by atoms with Crippen molar-refractivity contribution < 1.29 is 19.4 Å². The fourth-order valence-electron chi connectivity index (χ4n) is 1.82. The van der Waals surface area contributed by atoms with Crippen LogP contribution in [0, 0.1) is 0 Å². The summed E-state index contributed by atoms with van der Waals surface area (Å²) in [5.41, 5.74) is 1.24. The predicted octanol–water partition coefficient (Wildman–Crippen LogP) is 2.85. The molecule has 0 heterocycles. The topological polar surface area (TPSA) is 75.6 Å². The van der Waals surface area contributed by atoms with Gasteiger partial charge in [0, 0.05) is 10.6 Å². The van der Waals surface area contributed by atoms with Gasteiger partial charge in [0.15, 0.2) is 6.04 Å². The van der Waals surface area contributed by atoms with Crippen LogP contribution in [0.1, 0.15) is 35.7 Å². The lowest BCUT2D eigenvalue weighted by molar-refractivity contribution is -0.140. The van der Waals surface area contributed by atoms with Gasteiger partial charge in [-0.2, -0.15) is 0 Å². The second-order valence-corrected chi connectivity index (χ2v) is 5.49. The average molecular weight is 326 g/mol. The third-order valence-corrected chi connectivity index (χ3v) is 3.34. The van der Waals surface area contributed by atoms with E-state index in [4.69, 9.17) is 21.4 Å². The average Bonchev–Trinajstić information content (AvgIpc) is 2.45. The molecule has 0 spiro atoms. The number of nitrogens with one attached hydrogen (secondary N) is 1. The Morgan fingerprint density at radius 2 is 2.14 bits per heavy atom. The standard InChI is InChI=1S/C16H20ClNO4/c1-4-7-22-9-14(16(20)21)18-15(19)11-5-6-12(10(2)3)13(17)8-11/h4-6,8,10,14H,1,7,9H2,2-3H3,(H,18,19)(H,20,21). The van der Waals surface area contributed by atoms with Gasteiger partial charge in [0.05, 0.1) is 13.2 Å². The Morgan fingerprint density at radius 1 is 1.45 bits per heavy atom. The zero-order chi connectivity index (χ0) is 16.7. The first-order valence-corrected chi connectivity index (χ1v) is 7.26. The van der Waals surface area contributed by atoms with Gasteiger partial charge < -0.3 is 15.2 Å². The van der Waals surface area contributed by atoms with Gasteiger partial charge >= 0.3 is 5.97 Å². The Hall–Kier alpha value is -1.85. The van der Waals surface area contributed by atoms with Crippen LogP contribution in [0.15, 0.2) is 30.9 Å². The lowest BCUT2D eigenvalue weighted by atomic mass is 10.0. The molecule has 0 aromatic heterocycles. The van der Waals surface area contributed by atoms with Gasteiger partial charge in [0.2, 0.25) is 0 Å². The fraction of sp³-hybridized carbons (Fsp3) is 0.375. The van der Waals surface area contributed by atoms with Crippen molar-refractivity contribution in [1.82, 2.24) is 5.32 Å². The lowest BCUT2D eigenvalue weighted by Gasteiger charge is -2.15. The zero-order valence-electron chi connectivity index (χ0n) is 12.6.